The third-order valence-electron chi connectivity index (χ3n) is 2.47. The minimum atomic E-state index is -0.298. The number of benzene rings is 1. The Labute approximate surface area is 124 Å². The lowest BCUT2D eigenvalue weighted by Gasteiger charge is -2.07. The van der Waals surface area contributed by atoms with Crippen LogP contribution in [-0.2, 0) is 0 Å². The summed E-state index contributed by atoms with van der Waals surface area (Å²) in [5.74, 6) is -0.298. The summed E-state index contributed by atoms with van der Waals surface area (Å²) in [6.07, 6.45) is 3.39. The normalized spacial score (nSPS) is 11.4. The average molecular weight is 337 g/mol. The van der Waals surface area contributed by atoms with Crippen molar-refractivity contribution in [2.45, 2.75) is 0 Å². The Morgan fingerprint density at radius 2 is 2.00 bits per heavy atom. The fourth-order valence-electron chi connectivity index (χ4n) is 1.63. The molecule has 19 heavy (non-hydrogen) atoms. The van der Waals surface area contributed by atoms with Gasteiger partial charge in [-0.15, -0.1) is 0 Å². The van der Waals surface area contributed by atoms with Gasteiger partial charge in [0.1, 0.15) is 5.82 Å². The molecule has 1 aromatic carbocycles. The molecular formula is C14H10BrFN2S. The predicted molar refractivity (Wildman–Crippen MR) is 82.5 cm³/mol. The smallest absolute Gasteiger partial charge is 0.137 e. The molecule has 0 spiro atoms. The van der Waals surface area contributed by atoms with Crippen molar-refractivity contribution in [3.05, 3.63) is 64.1 Å². The van der Waals surface area contributed by atoms with Gasteiger partial charge in [-0.05, 0) is 46.3 Å². The first-order chi connectivity index (χ1) is 9.22. The van der Waals surface area contributed by atoms with E-state index in [0.717, 1.165) is 16.8 Å². The number of halogens is 2. The van der Waals surface area contributed by atoms with Crippen LogP contribution in [-0.4, -0.2) is 22.6 Å². The molecule has 0 saturated heterocycles. The SMILES string of the molecule is Fc1ccc(C(=NCC=S)c2ccncc2)cc1Br. The summed E-state index contributed by atoms with van der Waals surface area (Å²) < 4.78 is 13.7. The lowest BCUT2D eigenvalue weighted by atomic mass is 10.0. The molecule has 0 aliphatic heterocycles. The minimum absolute atomic E-state index is 0.298. The van der Waals surface area contributed by atoms with Gasteiger partial charge >= 0.3 is 0 Å². The van der Waals surface area contributed by atoms with E-state index in [4.69, 9.17) is 12.2 Å². The van der Waals surface area contributed by atoms with Gasteiger partial charge in [-0.3, -0.25) is 9.98 Å². The molecule has 0 radical (unpaired) electrons. The van der Waals surface area contributed by atoms with Gasteiger partial charge in [0.15, 0.2) is 0 Å². The third-order valence-corrected chi connectivity index (χ3v) is 3.23. The van der Waals surface area contributed by atoms with E-state index in [-0.39, 0.29) is 5.82 Å². The highest BCUT2D eigenvalue weighted by Gasteiger charge is 2.09. The number of rotatable bonds is 4. The molecule has 96 valence electrons. The molecule has 0 fully saturated rings. The topological polar surface area (TPSA) is 25.2 Å². The summed E-state index contributed by atoms with van der Waals surface area (Å²) in [5.41, 5.74) is 2.52. The summed E-state index contributed by atoms with van der Waals surface area (Å²) in [5, 5.41) is 1.56. The minimum Gasteiger partial charge on any atom is -0.279 e. The highest BCUT2D eigenvalue weighted by molar-refractivity contribution is 9.10. The highest BCUT2D eigenvalue weighted by atomic mass is 79.9. The van der Waals surface area contributed by atoms with Crippen molar-refractivity contribution in [2.75, 3.05) is 6.54 Å². The molecule has 0 saturated carbocycles. The quantitative estimate of drug-likeness (QED) is 0.626. The Kier molecular flexibility index (Phi) is 4.87. The highest BCUT2D eigenvalue weighted by Crippen LogP contribution is 2.19. The second-order valence-corrected chi connectivity index (χ2v) is 4.91. The Bertz CT molecular complexity index is 614. The molecule has 0 N–H and O–H groups in total. The lowest BCUT2D eigenvalue weighted by molar-refractivity contribution is 0.621. The zero-order chi connectivity index (χ0) is 13.7. The van der Waals surface area contributed by atoms with Gasteiger partial charge in [0.25, 0.3) is 0 Å². The molecule has 1 heterocycles. The van der Waals surface area contributed by atoms with Gasteiger partial charge in [0.2, 0.25) is 0 Å². The van der Waals surface area contributed by atoms with E-state index in [2.05, 4.69) is 25.9 Å². The first kappa shape index (κ1) is 14.0. The third kappa shape index (κ3) is 3.52. The molecule has 0 aliphatic carbocycles. The number of aromatic nitrogens is 1. The Morgan fingerprint density at radius 1 is 1.26 bits per heavy atom. The van der Waals surface area contributed by atoms with E-state index < -0.39 is 0 Å². The van der Waals surface area contributed by atoms with Crippen molar-refractivity contribution >= 4 is 39.2 Å². The fraction of sp³-hybridized carbons (Fsp3) is 0.0714. The fourth-order valence-corrected chi connectivity index (χ4v) is 2.08. The van der Waals surface area contributed by atoms with Crippen molar-refractivity contribution < 1.29 is 4.39 Å². The van der Waals surface area contributed by atoms with Gasteiger partial charge < -0.3 is 0 Å². The molecule has 2 rings (SSSR count). The lowest BCUT2D eigenvalue weighted by Crippen LogP contribution is -2.05. The largest absolute Gasteiger partial charge is 0.279 e. The van der Waals surface area contributed by atoms with E-state index in [1.165, 1.54) is 6.07 Å². The Balaban J connectivity index is 2.49. The Morgan fingerprint density at radius 3 is 2.63 bits per heavy atom. The Hall–Kier alpha value is -1.46. The molecule has 0 unspecified atom stereocenters. The average Bonchev–Trinajstić information content (AvgIpc) is 2.44. The number of hydrogen-bond donors (Lipinski definition) is 0. The van der Waals surface area contributed by atoms with Crippen LogP contribution in [0.4, 0.5) is 4.39 Å². The van der Waals surface area contributed by atoms with Gasteiger partial charge in [0, 0.05) is 28.9 Å². The molecule has 0 amide bonds. The van der Waals surface area contributed by atoms with Crippen LogP contribution in [0.15, 0.2) is 52.2 Å². The maximum atomic E-state index is 13.3. The van der Waals surface area contributed by atoms with Crippen LogP contribution in [0.25, 0.3) is 0 Å². The molecular weight excluding hydrogens is 327 g/mol. The van der Waals surface area contributed by atoms with Gasteiger partial charge in [-0.1, -0.05) is 12.2 Å². The van der Waals surface area contributed by atoms with Crippen LogP contribution in [0.2, 0.25) is 0 Å². The van der Waals surface area contributed by atoms with Crippen LogP contribution >= 0.6 is 28.1 Å². The molecule has 1 aromatic heterocycles. The molecule has 0 bridgehead atoms. The van der Waals surface area contributed by atoms with Crippen molar-refractivity contribution in [2.24, 2.45) is 4.99 Å². The standard InChI is InChI=1S/C14H10BrFN2S/c15-12-9-11(1-2-13(12)16)14(18-7-8-19)10-3-5-17-6-4-10/h1-6,8-9H,7H2. The summed E-state index contributed by atoms with van der Waals surface area (Å²) in [4.78, 5) is 8.42. The predicted octanol–water partition coefficient (Wildman–Crippen LogP) is 3.82. The number of hydrogen-bond acceptors (Lipinski definition) is 3. The molecule has 2 aromatic rings. The molecule has 5 heteroatoms. The van der Waals surface area contributed by atoms with Crippen LogP contribution < -0.4 is 0 Å². The van der Waals surface area contributed by atoms with Crippen molar-refractivity contribution in [1.29, 1.82) is 0 Å². The van der Waals surface area contributed by atoms with Crippen molar-refractivity contribution in [1.82, 2.24) is 4.98 Å². The van der Waals surface area contributed by atoms with Crippen LogP contribution in [0, 0.1) is 5.82 Å². The zero-order valence-electron chi connectivity index (χ0n) is 9.88. The van der Waals surface area contributed by atoms with E-state index in [0.29, 0.717) is 11.0 Å². The number of thiocarbonyl (C=S) groups is 1. The first-order valence-electron chi connectivity index (χ1n) is 5.56. The zero-order valence-corrected chi connectivity index (χ0v) is 12.3. The number of aliphatic imine (C=N–C) groups is 1. The second kappa shape index (κ2) is 6.63. The maximum absolute atomic E-state index is 13.3. The number of pyridine rings is 1. The van der Waals surface area contributed by atoms with Crippen LogP contribution in [0.5, 0.6) is 0 Å². The molecule has 0 aliphatic rings. The van der Waals surface area contributed by atoms with Gasteiger partial charge in [0.05, 0.1) is 16.7 Å². The van der Waals surface area contributed by atoms with E-state index >= 15 is 0 Å². The first-order valence-corrected chi connectivity index (χ1v) is 6.82. The van der Waals surface area contributed by atoms with Gasteiger partial charge in [-0.25, -0.2) is 4.39 Å². The molecule has 0 atom stereocenters. The summed E-state index contributed by atoms with van der Waals surface area (Å²) >= 11 is 7.99. The molecule has 2 nitrogen and oxygen atoms in total. The number of nitrogens with zero attached hydrogens (tertiary/aromatic N) is 2. The second-order valence-electron chi connectivity index (χ2n) is 3.72. The summed E-state index contributed by atoms with van der Waals surface area (Å²) in [6.45, 7) is 0.433. The maximum Gasteiger partial charge on any atom is 0.137 e. The van der Waals surface area contributed by atoms with Gasteiger partial charge in [-0.2, -0.15) is 0 Å². The van der Waals surface area contributed by atoms with E-state index in [9.17, 15) is 4.39 Å². The van der Waals surface area contributed by atoms with Crippen molar-refractivity contribution in [3.63, 3.8) is 0 Å². The summed E-state index contributed by atoms with van der Waals surface area (Å²) in [6, 6.07) is 8.53. The van der Waals surface area contributed by atoms with E-state index in [1.807, 2.05) is 12.1 Å². The van der Waals surface area contributed by atoms with E-state index in [1.54, 1.807) is 29.9 Å². The summed E-state index contributed by atoms with van der Waals surface area (Å²) in [7, 11) is 0. The van der Waals surface area contributed by atoms with Crippen LogP contribution in [0.3, 0.4) is 0 Å². The van der Waals surface area contributed by atoms with Crippen molar-refractivity contribution in [3.8, 4) is 0 Å². The monoisotopic (exact) mass is 336 g/mol. The van der Waals surface area contributed by atoms with Crippen LogP contribution in [0.1, 0.15) is 11.1 Å².